The van der Waals surface area contributed by atoms with Crippen molar-refractivity contribution in [3.63, 3.8) is 0 Å². The first-order chi connectivity index (χ1) is 14.2. The average molecular weight is 508 g/mol. The summed E-state index contributed by atoms with van der Waals surface area (Å²) in [4.78, 5) is 19.2. The van der Waals surface area contributed by atoms with Gasteiger partial charge in [-0.15, -0.1) is 0 Å². The van der Waals surface area contributed by atoms with Crippen molar-refractivity contribution in [2.75, 3.05) is 27.5 Å². The fraction of sp³-hybridized carbons (Fsp3) is 0.333. The number of amidine groups is 1. The third-order valence-electron chi connectivity index (χ3n) is 5.19. The second kappa shape index (κ2) is 8.36. The molecule has 2 aromatic carbocycles. The van der Waals surface area contributed by atoms with Gasteiger partial charge in [0.15, 0.2) is 15.0 Å². The maximum atomic E-state index is 12.5. The van der Waals surface area contributed by atoms with Crippen LogP contribution in [0.1, 0.15) is 11.1 Å². The lowest BCUT2D eigenvalue weighted by atomic mass is 10.1. The van der Waals surface area contributed by atoms with Crippen LogP contribution in [0.4, 0.5) is 11.4 Å². The Labute approximate surface area is 189 Å². The Morgan fingerprint density at radius 3 is 2.67 bits per heavy atom. The van der Waals surface area contributed by atoms with Gasteiger partial charge in [-0.3, -0.25) is 9.79 Å². The smallest absolute Gasteiger partial charge is 0.234 e. The van der Waals surface area contributed by atoms with Crippen LogP contribution in [-0.4, -0.2) is 48.8 Å². The van der Waals surface area contributed by atoms with E-state index in [9.17, 15) is 13.2 Å². The highest BCUT2D eigenvalue weighted by atomic mass is 79.9. The van der Waals surface area contributed by atoms with Crippen LogP contribution in [0.3, 0.4) is 0 Å². The molecule has 2 aromatic rings. The number of benzene rings is 2. The topological polar surface area (TPSA) is 78.8 Å². The van der Waals surface area contributed by atoms with Gasteiger partial charge in [0.1, 0.15) is 0 Å². The van der Waals surface area contributed by atoms with E-state index < -0.39 is 9.84 Å². The molecule has 2 aliphatic rings. The van der Waals surface area contributed by atoms with Gasteiger partial charge >= 0.3 is 0 Å². The Balaban J connectivity index is 1.53. The van der Waals surface area contributed by atoms with E-state index in [1.165, 1.54) is 11.8 Å². The number of carbonyl (C=O) groups is 1. The van der Waals surface area contributed by atoms with Gasteiger partial charge in [0.25, 0.3) is 0 Å². The molecule has 1 N–H and O–H groups in total. The third kappa shape index (κ3) is 4.58. The molecule has 30 heavy (non-hydrogen) atoms. The Bertz CT molecular complexity index is 1120. The van der Waals surface area contributed by atoms with Crippen LogP contribution in [-0.2, 0) is 14.6 Å². The van der Waals surface area contributed by atoms with Crippen molar-refractivity contribution in [3.05, 3.63) is 58.1 Å². The van der Waals surface area contributed by atoms with E-state index in [1.54, 1.807) is 0 Å². The van der Waals surface area contributed by atoms with Crippen LogP contribution in [0.5, 0.6) is 0 Å². The maximum Gasteiger partial charge on any atom is 0.234 e. The molecule has 0 radical (unpaired) electrons. The number of nitrogens with zero attached hydrogens (tertiary/aromatic N) is 2. The van der Waals surface area contributed by atoms with E-state index in [0.717, 1.165) is 27.0 Å². The SMILES string of the molecule is Cc1ccc(C)c(N2C(SCC(=O)Nc3ccc(Br)cc3)=N[C@@H]3CS(=O)(=O)C[C@H]32)c1. The van der Waals surface area contributed by atoms with Crippen LogP contribution < -0.4 is 10.2 Å². The molecule has 0 bridgehead atoms. The van der Waals surface area contributed by atoms with Gasteiger partial charge in [0.05, 0.1) is 29.3 Å². The quantitative estimate of drug-likeness (QED) is 0.680. The minimum absolute atomic E-state index is 0.0637. The Kier molecular flexibility index (Phi) is 5.96. The summed E-state index contributed by atoms with van der Waals surface area (Å²) in [5.74, 6) is 0.218. The Morgan fingerprint density at radius 2 is 1.93 bits per heavy atom. The number of nitrogens with one attached hydrogen (secondary N) is 1. The van der Waals surface area contributed by atoms with Crippen molar-refractivity contribution in [1.29, 1.82) is 0 Å². The van der Waals surface area contributed by atoms with Gasteiger partial charge in [-0.05, 0) is 55.3 Å². The number of amides is 1. The number of thioether (sulfide) groups is 1. The number of rotatable bonds is 4. The summed E-state index contributed by atoms with van der Waals surface area (Å²) in [6.45, 7) is 4.02. The van der Waals surface area contributed by atoms with Crippen LogP contribution in [0.25, 0.3) is 0 Å². The van der Waals surface area contributed by atoms with E-state index >= 15 is 0 Å². The first-order valence-corrected chi connectivity index (χ1v) is 13.1. The molecule has 1 saturated heterocycles. The normalized spacial score (nSPS) is 22.0. The van der Waals surface area contributed by atoms with Gasteiger partial charge in [0, 0.05) is 15.8 Å². The molecule has 6 nitrogen and oxygen atoms in total. The van der Waals surface area contributed by atoms with Crippen LogP contribution in [0.2, 0.25) is 0 Å². The standard InChI is InChI=1S/C21H22BrN3O3S2/c1-13-3-4-14(2)18(9-13)25-19-12-30(27,28)11-17(19)24-21(25)29-10-20(26)23-16-7-5-15(22)6-8-16/h3-9,17,19H,10-12H2,1-2H3,(H,23,26)/t17-,19-/m1/s1. The second-order valence-electron chi connectivity index (χ2n) is 7.63. The highest BCUT2D eigenvalue weighted by molar-refractivity contribution is 9.10. The number of fused-ring (bicyclic) bond motifs is 1. The lowest BCUT2D eigenvalue weighted by Gasteiger charge is -2.28. The fourth-order valence-corrected chi connectivity index (χ4v) is 6.78. The molecule has 1 fully saturated rings. The number of hydrogen-bond acceptors (Lipinski definition) is 6. The van der Waals surface area contributed by atoms with Crippen molar-refractivity contribution in [2.24, 2.45) is 4.99 Å². The molecule has 2 aliphatic heterocycles. The predicted octanol–water partition coefficient (Wildman–Crippen LogP) is 3.78. The van der Waals surface area contributed by atoms with Crippen molar-refractivity contribution in [2.45, 2.75) is 25.9 Å². The zero-order valence-corrected chi connectivity index (χ0v) is 19.9. The number of sulfone groups is 1. The zero-order chi connectivity index (χ0) is 21.5. The van der Waals surface area contributed by atoms with E-state index in [2.05, 4.69) is 27.3 Å². The summed E-state index contributed by atoms with van der Waals surface area (Å²) in [6.07, 6.45) is 0. The van der Waals surface area contributed by atoms with Gasteiger partial charge in [0.2, 0.25) is 5.91 Å². The molecule has 0 unspecified atom stereocenters. The van der Waals surface area contributed by atoms with E-state index in [-0.39, 0.29) is 35.2 Å². The van der Waals surface area contributed by atoms with Gasteiger partial charge in [-0.1, -0.05) is 39.8 Å². The molecule has 0 saturated carbocycles. The van der Waals surface area contributed by atoms with Crippen LogP contribution >= 0.6 is 27.7 Å². The van der Waals surface area contributed by atoms with Crippen molar-refractivity contribution in [3.8, 4) is 0 Å². The van der Waals surface area contributed by atoms with Gasteiger partial charge in [-0.25, -0.2) is 8.42 Å². The Morgan fingerprint density at radius 1 is 1.20 bits per heavy atom. The molecule has 0 aromatic heterocycles. The second-order valence-corrected chi connectivity index (χ2v) is 11.6. The number of aryl methyl sites for hydroxylation is 2. The van der Waals surface area contributed by atoms with Gasteiger partial charge < -0.3 is 10.2 Å². The molecule has 0 spiro atoms. The highest BCUT2D eigenvalue weighted by Gasteiger charge is 2.47. The number of anilines is 2. The monoisotopic (exact) mass is 507 g/mol. The van der Waals surface area contributed by atoms with Crippen LogP contribution in [0.15, 0.2) is 51.9 Å². The minimum Gasteiger partial charge on any atom is -0.325 e. The van der Waals surface area contributed by atoms with E-state index in [4.69, 9.17) is 4.99 Å². The maximum absolute atomic E-state index is 12.5. The first kappa shape index (κ1) is 21.4. The summed E-state index contributed by atoms with van der Waals surface area (Å²) in [6, 6.07) is 13.0. The lowest BCUT2D eigenvalue weighted by molar-refractivity contribution is -0.113. The summed E-state index contributed by atoms with van der Waals surface area (Å²) in [7, 11) is -3.11. The highest BCUT2D eigenvalue weighted by Crippen LogP contribution is 2.37. The minimum atomic E-state index is -3.11. The molecule has 0 aliphatic carbocycles. The molecular formula is C21H22BrN3O3S2. The van der Waals surface area contributed by atoms with E-state index in [0.29, 0.717) is 5.17 Å². The fourth-order valence-electron chi connectivity index (χ4n) is 3.75. The number of hydrogen-bond donors (Lipinski definition) is 1. The number of carbonyl (C=O) groups excluding carboxylic acids is 1. The molecular weight excluding hydrogens is 486 g/mol. The molecule has 2 atom stereocenters. The molecule has 1 amide bonds. The van der Waals surface area contributed by atoms with E-state index in [1.807, 2.05) is 55.1 Å². The Hall–Kier alpha value is -1.84. The van der Waals surface area contributed by atoms with Crippen molar-refractivity contribution >= 4 is 60.0 Å². The lowest BCUT2D eigenvalue weighted by Crippen LogP contribution is -2.40. The zero-order valence-electron chi connectivity index (χ0n) is 16.6. The average Bonchev–Trinajstić information content (AvgIpc) is 3.15. The van der Waals surface area contributed by atoms with Crippen molar-refractivity contribution < 1.29 is 13.2 Å². The summed E-state index contributed by atoms with van der Waals surface area (Å²) >= 11 is 4.73. The van der Waals surface area contributed by atoms with Crippen molar-refractivity contribution in [1.82, 2.24) is 0 Å². The molecule has 158 valence electrons. The number of halogens is 1. The molecule has 4 rings (SSSR count). The first-order valence-electron chi connectivity index (χ1n) is 9.55. The predicted molar refractivity (Wildman–Crippen MR) is 127 cm³/mol. The number of aliphatic imine (C=N–C) groups is 1. The van der Waals surface area contributed by atoms with Crippen LogP contribution in [0, 0.1) is 13.8 Å². The third-order valence-corrected chi connectivity index (χ3v) is 8.39. The molecule has 9 heteroatoms. The summed E-state index contributed by atoms with van der Waals surface area (Å²) in [5.41, 5.74) is 3.83. The summed E-state index contributed by atoms with van der Waals surface area (Å²) < 4.78 is 25.4. The molecule has 2 heterocycles. The van der Waals surface area contributed by atoms with Gasteiger partial charge in [-0.2, -0.15) is 0 Å². The largest absolute Gasteiger partial charge is 0.325 e. The summed E-state index contributed by atoms with van der Waals surface area (Å²) in [5, 5.41) is 3.59.